The monoisotopic (exact) mass is 331 g/mol. The first-order chi connectivity index (χ1) is 9.45. The fourth-order valence-corrected chi connectivity index (χ4v) is 3.08. The number of halogens is 1. The van der Waals surface area contributed by atoms with Gasteiger partial charge in [0.2, 0.25) is 0 Å². The van der Waals surface area contributed by atoms with Gasteiger partial charge in [-0.3, -0.25) is 0 Å². The van der Waals surface area contributed by atoms with Crippen molar-refractivity contribution in [2.24, 2.45) is 0 Å². The summed E-state index contributed by atoms with van der Waals surface area (Å²) < 4.78 is 1.12. The quantitative estimate of drug-likeness (QED) is 0.835. The highest BCUT2D eigenvalue weighted by Crippen LogP contribution is 2.31. The first kappa shape index (κ1) is 15.3. The van der Waals surface area contributed by atoms with Gasteiger partial charge in [-0.15, -0.1) is 0 Å². The predicted molar refractivity (Wildman–Crippen MR) is 90.4 cm³/mol. The van der Waals surface area contributed by atoms with Crippen molar-refractivity contribution in [3.05, 3.63) is 68.2 Å². The van der Waals surface area contributed by atoms with Crippen LogP contribution in [-0.2, 0) is 0 Å². The first-order valence-electron chi connectivity index (χ1n) is 6.95. The van der Waals surface area contributed by atoms with Crippen LogP contribution in [0.25, 0.3) is 0 Å². The Kier molecular flexibility index (Phi) is 4.66. The second-order valence-corrected chi connectivity index (χ2v) is 6.36. The second kappa shape index (κ2) is 6.11. The summed E-state index contributed by atoms with van der Waals surface area (Å²) in [5.41, 5.74) is 8.20. The lowest BCUT2D eigenvalue weighted by Crippen LogP contribution is -2.20. The van der Waals surface area contributed by atoms with Gasteiger partial charge in [0.05, 0.1) is 6.04 Å². The van der Waals surface area contributed by atoms with Crippen LogP contribution in [0, 0.1) is 27.7 Å². The number of rotatable bonds is 3. The Balaban J connectivity index is 2.60. The molecule has 1 atom stereocenters. The molecule has 0 aromatic heterocycles. The average Bonchev–Trinajstić information content (AvgIpc) is 2.43. The van der Waals surface area contributed by atoms with E-state index in [-0.39, 0.29) is 6.04 Å². The Hall–Kier alpha value is -1.12. The van der Waals surface area contributed by atoms with Crippen LogP contribution in [-0.4, -0.2) is 7.05 Å². The molecule has 0 saturated carbocycles. The molecular weight excluding hydrogens is 310 g/mol. The number of nitrogens with one attached hydrogen (secondary N) is 1. The van der Waals surface area contributed by atoms with E-state index in [0.29, 0.717) is 0 Å². The summed E-state index contributed by atoms with van der Waals surface area (Å²) in [6, 6.07) is 11.1. The maximum atomic E-state index is 3.50. The van der Waals surface area contributed by atoms with E-state index in [1.165, 1.54) is 33.4 Å². The molecule has 1 unspecified atom stereocenters. The molecule has 0 saturated heterocycles. The van der Waals surface area contributed by atoms with Crippen molar-refractivity contribution in [2.75, 3.05) is 7.05 Å². The molecule has 0 amide bonds. The van der Waals surface area contributed by atoms with Crippen LogP contribution in [0.2, 0.25) is 0 Å². The molecule has 0 heterocycles. The molecule has 2 rings (SSSR count). The van der Waals surface area contributed by atoms with E-state index in [2.05, 4.69) is 79.3 Å². The largest absolute Gasteiger partial charge is 0.309 e. The summed E-state index contributed by atoms with van der Waals surface area (Å²) in [6.07, 6.45) is 0. The van der Waals surface area contributed by atoms with E-state index < -0.39 is 0 Å². The van der Waals surface area contributed by atoms with Gasteiger partial charge in [0.1, 0.15) is 0 Å². The van der Waals surface area contributed by atoms with Gasteiger partial charge in [-0.25, -0.2) is 0 Å². The first-order valence-corrected chi connectivity index (χ1v) is 7.75. The van der Waals surface area contributed by atoms with E-state index in [0.717, 1.165) is 4.47 Å². The molecule has 106 valence electrons. The Morgan fingerprint density at radius 3 is 1.85 bits per heavy atom. The number of hydrogen-bond donors (Lipinski definition) is 1. The van der Waals surface area contributed by atoms with Gasteiger partial charge in [0.15, 0.2) is 0 Å². The zero-order valence-electron chi connectivity index (χ0n) is 12.8. The van der Waals surface area contributed by atoms with Crippen molar-refractivity contribution in [2.45, 2.75) is 33.7 Å². The lowest BCUT2D eigenvalue weighted by Gasteiger charge is -2.24. The summed E-state index contributed by atoms with van der Waals surface area (Å²) >= 11 is 3.50. The predicted octanol–water partition coefficient (Wildman–Crippen LogP) is 4.99. The van der Waals surface area contributed by atoms with Gasteiger partial charge >= 0.3 is 0 Å². The maximum absolute atomic E-state index is 3.50. The zero-order valence-corrected chi connectivity index (χ0v) is 14.4. The molecule has 1 nitrogen and oxygen atoms in total. The van der Waals surface area contributed by atoms with Gasteiger partial charge in [0, 0.05) is 4.47 Å². The summed E-state index contributed by atoms with van der Waals surface area (Å²) in [6.45, 7) is 8.83. The van der Waals surface area contributed by atoms with Crippen molar-refractivity contribution >= 4 is 15.9 Å². The topological polar surface area (TPSA) is 12.0 Å². The van der Waals surface area contributed by atoms with E-state index in [9.17, 15) is 0 Å². The minimum absolute atomic E-state index is 0.238. The van der Waals surface area contributed by atoms with Crippen molar-refractivity contribution in [1.82, 2.24) is 5.32 Å². The molecule has 0 fully saturated rings. The molecule has 2 aromatic rings. The van der Waals surface area contributed by atoms with E-state index >= 15 is 0 Å². The lowest BCUT2D eigenvalue weighted by atomic mass is 9.87. The van der Waals surface area contributed by atoms with E-state index in [1.54, 1.807) is 0 Å². The van der Waals surface area contributed by atoms with Crippen molar-refractivity contribution in [1.29, 1.82) is 0 Å². The normalized spacial score (nSPS) is 12.5. The molecule has 2 aromatic carbocycles. The van der Waals surface area contributed by atoms with E-state index in [1.807, 2.05) is 7.05 Å². The maximum Gasteiger partial charge on any atom is 0.0579 e. The van der Waals surface area contributed by atoms with E-state index in [4.69, 9.17) is 0 Å². The second-order valence-electron chi connectivity index (χ2n) is 5.45. The standard InChI is InChI=1S/C18H22BrN/c1-11-10-12(2)14(4)17(13(11)3)18(20-5)15-6-8-16(19)9-7-15/h6-10,18,20H,1-5H3. The van der Waals surface area contributed by atoms with Crippen LogP contribution in [0.15, 0.2) is 34.8 Å². The Morgan fingerprint density at radius 2 is 1.40 bits per heavy atom. The molecule has 0 aliphatic rings. The molecule has 0 spiro atoms. The highest BCUT2D eigenvalue weighted by molar-refractivity contribution is 9.10. The van der Waals surface area contributed by atoms with Gasteiger partial charge in [0.25, 0.3) is 0 Å². The van der Waals surface area contributed by atoms with Gasteiger partial charge in [-0.2, -0.15) is 0 Å². The number of aryl methyl sites for hydroxylation is 2. The molecule has 1 N–H and O–H groups in total. The van der Waals surface area contributed by atoms with Crippen LogP contribution >= 0.6 is 15.9 Å². The minimum atomic E-state index is 0.238. The molecule has 0 aliphatic heterocycles. The molecular formula is C18H22BrN. The average molecular weight is 332 g/mol. The fourth-order valence-electron chi connectivity index (χ4n) is 2.81. The summed E-state index contributed by atoms with van der Waals surface area (Å²) in [4.78, 5) is 0. The molecule has 0 bridgehead atoms. The lowest BCUT2D eigenvalue weighted by molar-refractivity contribution is 0.681. The molecule has 0 radical (unpaired) electrons. The number of hydrogen-bond acceptors (Lipinski definition) is 1. The molecule has 0 aliphatic carbocycles. The highest BCUT2D eigenvalue weighted by atomic mass is 79.9. The minimum Gasteiger partial charge on any atom is -0.309 e. The number of benzene rings is 2. The Bertz CT molecular complexity index is 588. The smallest absolute Gasteiger partial charge is 0.0579 e. The van der Waals surface area contributed by atoms with Crippen molar-refractivity contribution < 1.29 is 0 Å². The zero-order chi connectivity index (χ0) is 14.9. The third kappa shape index (κ3) is 2.82. The Morgan fingerprint density at radius 1 is 0.900 bits per heavy atom. The highest BCUT2D eigenvalue weighted by Gasteiger charge is 2.18. The summed E-state index contributed by atoms with van der Waals surface area (Å²) in [5.74, 6) is 0. The van der Waals surface area contributed by atoms with Crippen LogP contribution in [0.4, 0.5) is 0 Å². The molecule has 2 heteroatoms. The summed E-state index contributed by atoms with van der Waals surface area (Å²) in [7, 11) is 2.03. The van der Waals surface area contributed by atoms with Gasteiger partial charge in [-0.1, -0.05) is 34.1 Å². The van der Waals surface area contributed by atoms with Gasteiger partial charge in [-0.05, 0) is 80.3 Å². The van der Waals surface area contributed by atoms with Crippen LogP contribution in [0.1, 0.15) is 39.4 Å². The summed E-state index contributed by atoms with van der Waals surface area (Å²) in [5, 5.41) is 3.47. The molecule has 20 heavy (non-hydrogen) atoms. The third-order valence-electron chi connectivity index (χ3n) is 4.20. The van der Waals surface area contributed by atoms with Crippen molar-refractivity contribution in [3.8, 4) is 0 Å². The van der Waals surface area contributed by atoms with Gasteiger partial charge < -0.3 is 5.32 Å². The van der Waals surface area contributed by atoms with Crippen LogP contribution in [0.3, 0.4) is 0 Å². The van der Waals surface area contributed by atoms with Crippen LogP contribution in [0.5, 0.6) is 0 Å². The van der Waals surface area contributed by atoms with Crippen LogP contribution < -0.4 is 5.32 Å². The fraction of sp³-hybridized carbons (Fsp3) is 0.333. The third-order valence-corrected chi connectivity index (χ3v) is 4.73. The Labute approximate surface area is 130 Å². The SMILES string of the molecule is CNC(c1ccc(Br)cc1)c1c(C)c(C)cc(C)c1C. The van der Waals surface area contributed by atoms with Crippen molar-refractivity contribution in [3.63, 3.8) is 0 Å².